The molecule has 1 amide bonds. The number of piperidine rings is 1. The first-order chi connectivity index (χ1) is 14.3. The van der Waals surface area contributed by atoms with Crippen LogP contribution < -0.4 is 10.6 Å². The van der Waals surface area contributed by atoms with Crippen molar-refractivity contribution in [3.63, 3.8) is 0 Å². The Kier molecular flexibility index (Phi) is 7.34. The van der Waals surface area contributed by atoms with Crippen molar-refractivity contribution < 1.29 is 13.2 Å². The number of carbonyl (C=O) groups is 1. The number of carbonyl (C=O) groups excluding carboxylic acids is 1. The van der Waals surface area contributed by atoms with Gasteiger partial charge in [-0.2, -0.15) is 0 Å². The predicted molar refractivity (Wildman–Crippen MR) is 127 cm³/mol. The second-order valence-corrected chi connectivity index (χ2v) is 11.1. The van der Waals surface area contributed by atoms with Crippen molar-refractivity contribution in [2.24, 2.45) is 11.7 Å². The van der Waals surface area contributed by atoms with Gasteiger partial charge in [-0.3, -0.25) is 4.79 Å². The Hall–Kier alpha value is -2.03. The second kappa shape index (κ2) is 9.63. The number of para-hydroxylation sites is 1. The number of anilines is 2. The number of hydrogen-bond acceptors (Lipinski definition) is 6. The first kappa shape index (κ1) is 23.6. The van der Waals surface area contributed by atoms with Gasteiger partial charge in [-0.15, -0.1) is 0 Å². The summed E-state index contributed by atoms with van der Waals surface area (Å²) < 4.78 is 24.2. The van der Waals surface area contributed by atoms with Gasteiger partial charge in [-0.25, -0.2) is 8.42 Å². The summed E-state index contributed by atoms with van der Waals surface area (Å²) in [6.45, 7) is 3.54. The Morgan fingerprint density at radius 2 is 1.74 bits per heavy atom. The van der Waals surface area contributed by atoms with Crippen LogP contribution in [0.3, 0.4) is 0 Å². The van der Waals surface area contributed by atoms with Gasteiger partial charge in [0.1, 0.15) is 0 Å². The van der Waals surface area contributed by atoms with E-state index in [2.05, 4.69) is 21.9 Å². The van der Waals surface area contributed by atoms with Gasteiger partial charge >= 0.3 is 0 Å². The van der Waals surface area contributed by atoms with Gasteiger partial charge in [-0.05, 0) is 69.2 Å². The summed E-state index contributed by atoms with van der Waals surface area (Å²) in [5, 5.41) is 0. The normalized spacial score (nSPS) is 16.9. The van der Waals surface area contributed by atoms with E-state index in [0.717, 1.165) is 61.7 Å². The molecule has 0 aliphatic carbocycles. The Balaban J connectivity index is 0.00000272. The molecule has 168 valence electrons. The van der Waals surface area contributed by atoms with Crippen LogP contribution in [-0.2, 0) is 14.6 Å². The number of benzene rings is 2. The monoisotopic (exact) mass is 461 g/mol. The van der Waals surface area contributed by atoms with Crippen molar-refractivity contribution >= 4 is 38.9 Å². The van der Waals surface area contributed by atoms with E-state index in [9.17, 15) is 13.2 Å². The van der Waals surface area contributed by atoms with Gasteiger partial charge in [0.05, 0.1) is 16.3 Å². The van der Waals surface area contributed by atoms with Crippen LogP contribution in [-0.4, -0.2) is 51.7 Å². The zero-order valence-corrected chi connectivity index (χ0v) is 18.7. The molecule has 0 bridgehead atoms. The Morgan fingerprint density at radius 1 is 1.06 bits per heavy atom. The summed E-state index contributed by atoms with van der Waals surface area (Å²) >= 11 is 1.68. The fourth-order valence-electron chi connectivity index (χ4n) is 4.17. The number of rotatable bonds is 6. The molecule has 2 heterocycles. The highest BCUT2D eigenvalue weighted by molar-refractivity contribution is 7.99. The number of nitrogens with zero attached hydrogens (tertiary/aromatic N) is 2. The fourth-order valence-corrected chi connectivity index (χ4v) is 5.89. The van der Waals surface area contributed by atoms with Crippen LogP contribution in [0.2, 0.25) is 0 Å². The lowest BCUT2D eigenvalue weighted by atomic mass is 9.96. The first-order valence-corrected chi connectivity index (χ1v) is 12.9. The van der Waals surface area contributed by atoms with E-state index in [4.69, 9.17) is 5.73 Å². The minimum Gasteiger partial charge on any atom is -0.369 e. The number of sulfone groups is 1. The molecule has 2 aromatic rings. The molecular weight excluding hydrogens is 430 g/mol. The number of nitrogens with two attached hydrogens (primary N) is 1. The number of likely N-dealkylation sites (tertiary alicyclic amines) is 1. The maximum Gasteiger partial charge on any atom is 0.220 e. The molecule has 1 saturated heterocycles. The topological polar surface area (TPSA) is 83.7 Å². The van der Waals surface area contributed by atoms with Crippen molar-refractivity contribution in [2.45, 2.75) is 41.4 Å². The highest BCUT2D eigenvalue weighted by Crippen LogP contribution is 2.48. The molecular formula is C23H31N3O3S2. The van der Waals surface area contributed by atoms with Crippen molar-refractivity contribution in [2.75, 3.05) is 37.3 Å². The fraction of sp³-hybridized carbons (Fsp3) is 0.435. The number of hydrogen-bond donors (Lipinski definition) is 1. The van der Waals surface area contributed by atoms with Gasteiger partial charge in [0.15, 0.2) is 9.84 Å². The molecule has 1 fully saturated rings. The molecule has 0 spiro atoms. The van der Waals surface area contributed by atoms with E-state index in [0.29, 0.717) is 4.90 Å². The molecule has 2 aromatic carbocycles. The first-order valence-electron chi connectivity index (χ1n) is 10.2. The summed E-state index contributed by atoms with van der Waals surface area (Å²) in [5.74, 6) is -0.177. The molecule has 2 aliphatic rings. The lowest BCUT2D eigenvalue weighted by molar-refractivity contribution is -0.123. The molecule has 2 N–H and O–H groups in total. The van der Waals surface area contributed by atoms with Gasteiger partial charge in [0, 0.05) is 28.5 Å². The zero-order valence-electron chi connectivity index (χ0n) is 17.1. The Labute approximate surface area is 189 Å². The van der Waals surface area contributed by atoms with Crippen molar-refractivity contribution in [3.05, 3.63) is 42.5 Å². The largest absolute Gasteiger partial charge is 0.369 e. The summed E-state index contributed by atoms with van der Waals surface area (Å²) in [5.41, 5.74) is 7.51. The summed E-state index contributed by atoms with van der Waals surface area (Å²) in [7, 11) is -3.27. The average molecular weight is 462 g/mol. The highest BCUT2D eigenvalue weighted by atomic mass is 32.2. The molecule has 31 heavy (non-hydrogen) atoms. The molecule has 4 rings (SSSR count). The predicted octanol–water partition coefficient (Wildman–Crippen LogP) is 3.92. The minimum atomic E-state index is -3.27. The molecule has 2 aliphatic heterocycles. The molecule has 6 nitrogen and oxygen atoms in total. The van der Waals surface area contributed by atoms with Crippen molar-refractivity contribution in [3.8, 4) is 0 Å². The van der Waals surface area contributed by atoms with Crippen LogP contribution >= 0.6 is 11.8 Å². The van der Waals surface area contributed by atoms with Crippen LogP contribution in [0.25, 0.3) is 0 Å². The summed E-state index contributed by atoms with van der Waals surface area (Å²) in [6.07, 6.45) is 3.86. The van der Waals surface area contributed by atoms with E-state index >= 15 is 0 Å². The number of amides is 1. The molecule has 0 radical (unpaired) electrons. The van der Waals surface area contributed by atoms with Crippen LogP contribution in [0.1, 0.15) is 26.7 Å². The van der Waals surface area contributed by atoms with Gasteiger partial charge in [-0.1, -0.05) is 31.3 Å². The SMILES string of the molecule is C.CS(=O)(=O)c1ccc2c(c1)N(CCCN1CCC(C(N)=O)CC1)c1ccccc1S2. The standard InChI is InChI=1S/C22H27N3O3S2.CH4/c1-30(27,28)17-7-8-21-19(15-17)25(18-5-2-3-6-20(18)29-21)12-4-11-24-13-9-16(10-14-24)22(23)26;/h2-3,5-8,15-16H,4,9-14H2,1H3,(H2,23,26);1H4. The second-order valence-electron chi connectivity index (χ2n) is 7.99. The van der Waals surface area contributed by atoms with Gasteiger partial charge in [0.2, 0.25) is 5.91 Å². The van der Waals surface area contributed by atoms with E-state index in [1.54, 1.807) is 23.9 Å². The molecule has 0 saturated carbocycles. The third kappa shape index (κ3) is 5.25. The van der Waals surface area contributed by atoms with E-state index in [-0.39, 0.29) is 19.3 Å². The summed E-state index contributed by atoms with van der Waals surface area (Å²) in [4.78, 5) is 18.6. The number of fused-ring (bicyclic) bond motifs is 2. The van der Waals surface area contributed by atoms with E-state index < -0.39 is 9.84 Å². The third-order valence-corrected chi connectivity index (χ3v) is 8.11. The number of primary amides is 1. The van der Waals surface area contributed by atoms with E-state index in [1.165, 1.54) is 11.2 Å². The molecule has 8 heteroatoms. The highest BCUT2D eigenvalue weighted by Gasteiger charge is 2.26. The average Bonchev–Trinajstić information content (AvgIpc) is 2.72. The smallest absolute Gasteiger partial charge is 0.220 e. The van der Waals surface area contributed by atoms with Crippen molar-refractivity contribution in [1.82, 2.24) is 4.90 Å². The van der Waals surface area contributed by atoms with Gasteiger partial charge in [0.25, 0.3) is 0 Å². The lowest BCUT2D eigenvalue weighted by Gasteiger charge is -2.35. The van der Waals surface area contributed by atoms with E-state index in [1.807, 2.05) is 18.2 Å². The van der Waals surface area contributed by atoms with Crippen LogP contribution in [0.4, 0.5) is 11.4 Å². The van der Waals surface area contributed by atoms with Gasteiger partial charge < -0.3 is 15.5 Å². The summed E-state index contributed by atoms with van der Waals surface area (Å²) in [6, 6.07) is 13.6. The third-order valence-electron chi connectivity index (χ3n) is 5.87. The maximum atomic E-state index is 12.1. The maximum absolute atomic E-state index is 12.1. The Morgan fingerprint density at radius 3 is 2.42 bits per heavy atom. The van der Waals surface area contributed by atoms with Crippen LogP contribution in [0.5, 0.6) is 0 Å². The van der Waals surface area contributed by atoms with Crippen LogP contribution in [0.15, 0.2) is 57.2 Å². The molecule has 0 aromatic heterocycles. The molecule has 0 atom stereocenters. The lowest BCUT2D eigenvalue weighted by Crippen LogP contribution is -2.39. The minimum absolute atomic E-state index is 0. The molecule has 0 unspecified atom stereocenters. The Bertz CT molecular complexity index is 1050. The quantitative estimate of drug-likeness (QED) is 0.702. The van der Waals surface area contributed by atoms with Crippen LogP contribution in [0, 0.1) is 5.92 Å². The van der Waals surface area contributed by atoms with Crippen molar-refractivity contribution in [1.29, 1.82) is 0 Å². The zero-order chi connectivity index (χ0) is 21.3.